The number of imidazole rings is 1. The highest BCUT2D eigenvalue weighted by Gasteiger charge is 2.28. The van der Waals surface area contributed by atoms with E-state index in [2.05, 4.69) is 36.6 Å². The number of tetrazole rings is 1. The molecule has 6 aromatic rings. The van der Waals surface area contributed by atoms with E-state index >= 15 is 0 Å². The number of nitrogens with zero attached hydrogens (tertiary/aromatic N) is 5. The number of carbonyl (C=O) groups excluding carboxylic acids is 2. The molecule has 57 heavy (non-hydrogen) atoms. The van der Waals surface area contributed by atoms with Crippen molar-refractivity contribution in [2.75, 3.05) is 0 Å². The van der Waals surface area contributed by atoms with Crippen molar-refractivity contribution in [3.8, 4) is 34.3 Å². The average molecular weight is 770 g/mol. The van der Waals surface area contributed by atoms with Crippen molar-refractivity contribution in [3.63, 3.8) is 0 Å². The zero-order chi connectivity index (χ0) is 40.2. The van der Waals surface area contributed by atoms with Gasteiger partial charge in [0, 0.05) is 29.2 Å². The molecule has 4 aromatic carbocycles. The van der Waals surface area contributed by atoms with Crippen molar-refractivity contribution in [2.24, 2.45) is 0 Å². The predicted molar refractivity (Wildman–Crippen MR) is 219 cm³/mol. The predicted octanol–water partition coefficient (Wildman–Crippen LogP) is 8.83. The summed E-state index contributed by atoms with van der Waals surface area (Å²) in [4.78, 5) is 32.1. The molecular formula is C45H51N7O5. The molecule has 2 N–H and O–H groups in total. The Balaban J connectivity index is 1.04. The lowest BCUT2D eigenvalue weighted by Gasteiger charge is -2.25. The van der Waals surface area contributed by atoms with E-state index in [-0.39, 0.29) is 24.5 Å². The molecule has 0 spiro atoms. The average Bonchev–Trinajstić information content (AvgIpc) is 3.86. The Bertz CT molecular complexity index is 2300. The molecule has 0 bridgehead atoms. The number of hydrogen-bond donors (Lipinski definition) is 2. The molecule has 2 aromatic heterocycles. The number of aromatic nitrogens is 6. The number of ether oxygens (including phenoxy) is 3. The molecule has 12 nitrogen and oxygen atoms in total. The molecule has 7 rings (SSSR count). The Kier molecular flexibility index (Phi) is 11.4. The number of aromatic amines is 1. The minimum atomic E-state index is -0.900. The van der Waals surface area contributed by atoms with Gasteiger partial charge >= 0.3 is 5.97 Å². The molecule has 0 radical (unpaired) electrons. The second kappa shape index (κ2) is 16.6. The zero-order valence-electron chi connectivity index (χ0n) is 33.5. The molecule has 2 heterocycles. The molecule has 12 heteroatoms. The van der Waals surface area contributed by atoms with E-state index < -0.39 is 17.6 Å². The van der Waals surface area contributed by atoms with Gasteiger partial charge in [0.2, 0.25) is 5.82 Å². The van der Waals surface area contributed by atoms with E-state index in [0.29, 0.717) is 23.2 Å². The summed E-state index contributed by atoms with van der Waals surface area (Å²) in [6, 6.07) is 28.4. The van der Waals surface area contributed by atoms with Gasteiger partial charge in [-0.25, -0.2) is 9.78 Å². The number of fused-ring (bicyclic) bond motifs is 1. The summed E-state index contributed by atoms with van der Waals surface area (Å²) in [5, 5.41) is 17.5. The van der Waals surface area contributed by atoms with Crippen LogP contribution in [0.1, 0.15) is 101 Å². The van der Waals surface area contributed by atoms with Crippen LogP contribution >= 0.6 is 0 Å². The molecule has 1 aliphatic rings. The summed E-state index contributed by atoms with van der Waals surface area (Å²) in [5.41, 5.74) is 4.87. The molecular weight excluding hydrogens is 719 g/mol. The number of carbonyl (C=O) groups is 2. The van der Waals surface area contributed by atoms with Gasteiger partial charge in [-0.3, -0.25) is 4.79 Å². The highest BCUT2D eigenvalue weighted by Crippen LogP contribution is 2.37. The molecule has 1 fully saturated rings. The van der Waals surface area contributed by atoms with Crippen molar-refractivity contribution in [1.29, 1.82) is 0 Å². The molecule has 0 saturated heterocycles. The van der Waals surface area contributed by atoms with Gasteiger partial charge in [0.15, 0.2) is 0 Å². The Morgan fingerprint density at radius 1 is 0.825 bits per heavy atom. The van der Waals surface area contributed by atoms with Crippen LogP contribution < -0.4 is 14.8 Å². The van der Waals surface area contributed by atoms with Crippen molar-refractivity contribution >= 4 is 22.9 Å². The minimum absolute atomic E-state index is 0.248. The molecule has 1 unspecified atom stereocenters. The zero-order valence-corrected chi connectivity index (χ0v) is 33.5. The number of nitrogens with one attached hydrogen (secondary N) is 2. The summed E-state index contributed by atoms with van der Waals surface area (Å²) < 4.78 is 20.3. The highest BCUT2D eigenvalue weighted by molar-refractivity contribution is 5.97. The van der Waals surface area contributed by atoms with E-state index in [1.807, 2.05) is 114 Å². The lowest BCUT2D eigenvalue weighted by molar-refractivity contribution is -0.157. The number of amides is 1. The molecule has 1 saturated carbocycles. The maximum atomic E-state index is 13.6. The standard InChI is InChI=1S/C45H51N7O5/c1-44(2,3)56-36-20-15-29(16-21-36)26-38(43(54)57-45(4,5)6)47-42(53)33-12-10-11-30(25-33)28-55-35-22-17-31(18-23-35)41-46-37-27-32(40-48-50-51-49-40)19-24-39(37)52(41)34-13-8-7-9-14-34/h10-12,15-25,27,34,38H,7-9,13-14,26,28H2,1-6H3,(H,47,53)(H,48,49,50,51). The van der Waals surface area contributed by atoms with Crippen LogP contribution in [-0.2, 0) is 22.6 Å². The monoisotopic (exact) mass is 769 g/mol. The summed E-state index contributed by atoms with van der Waals surface area (Å²) in [6.45, 7) is 11.6. The normalized spacial score (nSPS) is 14.3. The highest BCUT2D eigenvalue weighted by atomic mass is 16.6. The van der Waals surface area contributed by atoms with Gasteiger partial charge in [-0.1, -0.05) is 43.5 Å². The van der Waals surface area contributed by atoms with Gasteiger partial charge in [-0.05, 0) is 137 Å². The third-order valence-electron chi connectivity index (χ3n) is 9.72. The first-order valence-corrected chi connectivity index (χ1v) is 19.7. The van der Waals surface area contributed by atoms with Crippen molar-refractivity contribution in [3.05, 3.63) is 108 Å². The van der Waals surface area contributed by atoms with E-state index in [1.165, 1.54) is 19.3 Å². The smallest absolute Gasteiger partial charge is 0.329 e. The third kappa shape index (κ3) is 10.0. The van der Waals surface area contributed by atoms with Crippen LogP contribution in [0.5, 0.6) is 11.5 Å². The van der Waals surface area contributed by atoms with Crippen LogP contribution in [0.4, 0.5) is 0 Å². The van der Waals surface area contributed by atoms with Crippen molar-refractivity contribution < 1.29 is 23.8 Å². The molecule has 296 valence electrons. The molecule has 1 atom stereocenters. The number of benzene rings is 4. The Morgan fingerprint density at radius 3 is 2.23 bits per heavy atom. The van der Waals surface area contributed by atoms with Gasteiger partial charge in [0.25, 0.3) is 5.91 Å². The van der Waals surface area contributed by atoms with Crippen LogP contribution in [0.2, 0.25) is 0 Å². The summed E-state index contributed by atoms with van der Waals surface area (Å²) >= 11 is 0. The number of rotatable bonds is 12. The van der Waals surface area contributed by atoms with E-state index in [4.69, 9.17) is 19.2 Å². The largest absolute Gasteiger partial charge is 0.489 e. The number of esters is 1. The quantitative estimate of drug-likeness (QED) is 0.117. The van der Waals surface area contributed by atoms with E-state index in [1.54, 1.807) is 12.1 Å². The Morgan fingerprint density at radius 2 is 1.54 bits per heavy atom. The lowest BCUT2D eigenvalue weighted by Crippen LogP contribution is -2.45. The maximum absolute atomic E-state index is 13.6. The molecule has 1 amide bonds. The van der Waals surface area contributed by atoms with Gasteiger partial charge in [-0.15, -0.1) is 10.2 Å². The van der Waals surface area contributed by atoms with Crippen LogP contribution in [0.15, 0.2) is 91.0 Å². The summed E-state index contributed by atoms with van der Waals surface area (Å²) in [6.07, 6.45) is 6.16. The fourth-order valence-electron chi connectivity index (χ4n) is 7.19. The van der Waals surface area contributed by atoms with Crippen LogP contribution in [0.25, 0.3) is 33.8 Å². The Labute approximate surface area is 333 Å². The van der Waals surface area contributed by atoms with Crippen LogP contribution in [-0.4, -0.2) is 59.3 Å². The second-order valence-electron chi connectivity index (χ2n) is 16.7. The van der Waals surface area contributed by atoms with E-state index in [0.717, 1.165) is 57.7 Å². The topological polar surface area (TPSA) is 146 Å². The molecule has 0 aliphatic heterocycles. The number of hydrogen-bond acceptors (Lipinski definition) is 9. The van der Waals surface area contributed by atoms with Crippen LogP contribution in [0.3, 0.4) is 0 Å². The van der Waals surface area contributed by atoms with Gasteiger partial charge in [0.1, 0.15) is 41.2 Å². The van der Waals surface area contributed by atoms with Crippen molar-refractivity contribution in [2.45, 2.75) is 110 Å². The van der Waals surface area contributed by atoms with Gasteiger partial charge in [0.05, 0.1) is 11.0 Å². The summed E-state index contributed by atoms with van der Waals surface area (Å²) in [5.74, 6) is 1.99. The maximum Gasteiger partial charge on any atom is 0.329 e. The van der Waals surface area contributed by atoms with Gasteiger partial charge in [-0.2, -0.15) is 5.21 Å². The number of H-pyrrole nitrogens is 1. The first-order chi connectivity index (χ1) is 27.3. The Hall–Kier alpha value is -6.04. The lowest BCUT2D eigenvalue weighted by atomic mass is 9.95. The third-order valence-corrected chi connectivity index (χ3v) is 9.72. The first-order valence-electron chi connectivity index (χ1n) is 19.7. The summed E-state index contributed by atoms with van der Waals surface area (Å²) in [7, 11) is 0. The van der Waals surface area contributed by atoms with Crippen LogP contribution in [0, 0.1) is 0 Å². The van der Waals surface area contributed by atoms with Crippen molar-refractivity contribution in [1.82, 2.24) is 35.5 Å². The minimum Gasteiger partial charge on any atom is -0.489 e. The SMILES string of the molecule is CC(C)(C)OC(=O)C(Cc1ccc(OC(C)(C)C)cc1)NC(=O)c1cccc(COc2ccc(-c3nc4cc(-c5nn[nH]n5)ccc4n3C3CCCCC3)cc2)c1. The first kappa shape index (κ1) is 39.2. The second-order valence-corrected chi connectivity index (χ2v) is 16.7. The van der Waals surface area contributed by atoms with Gasteiger partial charge < -0.3 is 24.1 Å². The molecule has 1 aliphatic carbocycles. The van der Waals surface area contributed by atoms with E-state index in [9.17, 15) is 9.59 Å². The fourth-order valence-corrected chi connectivity index (χ4v) is 7.19. The fraction of sp³-hybridized carbons (Fsp3) is 0.378.